The summed E-state index contributed by atoms with van der Waals surface area (Å²) in [6, 6.07) is 2.02. The minimum Gasteiger partial charge on any atom is -0.480 e. The maximum absolute atomic E-state index is 14.1. The minimum atomic E-state index is -1.30. The molecule has 2 rings (SSSR count). The van der Waals surface area contributed by atoms with E-state index in [4.69, 9.17) is 9.47 Å². The first kappa shape index (κ1) is 45.5. The van der Waals surface area contributed by atoms with Crippen molar-refractivity contribution in [2.45, 2.75) is 123 Å². The number of halogens is 1. The molecular weight excluding hydrogens is 685 g/mol. The summed E-state index contributed by atoms with van der Waals surface area (Å²) in [6.07, 6.45) is 0.360. The highest BCUT2D eigenvalue weighted by Gasteiger charge is 2.43. The number of nitrogens with one attached hydrogen (secondary N) is 3. The third-order valence-electron chi connectivity index (χ3n) is 10.7. The van der Waals surface area contributed by atoms with Crippen molar-refractivity contribution in [2.75, 3.05) is 34.9 Å². The van der Waals surface area contributed by atoms with Crippen LogP contribution in [0.25, 0.3) is 0 Å². The number of benzene rings is 1. The maximum atomic E-state index is 14.1. The van der Waals surface area contributed by atoms with E-state index in [2.05, 4.69) is 16.0 Å². The van der Waals surface area contributed by atoms with Crippen LogP contribution >= 0.6 is 0 Å². The molecule has 1 aromatic rings. The molecule has 0 spiro atoms. The topological polar surface area (TPSA) is 167 Å². The molecule has 4 amide bonds. The van der Waals surface area contributed by atoms with Crippen LogP contribution in [0, 0.1) is 29.5 Å². The number of carbonyl (C=O) groups is 5. The number of likely N-dealkylation sites (tertiary alicyclic amines) is 1. The van der Waals surface area contributed by atoms with Gasteiger partial charge in [-0.05, 0) is 55.3 Å². The third-order valence-corrected chi connectivity index (χ3v) is 10.7. The second-order valence-corrected chi connectivity index (χ2v) is 15.1. The summed E-state index contributed by atoms with van der Waals surface area (Å²) in [5, 5.41) is 18.4. The van der Waals surface area contributed by atoms with Crippen molar-refractivity contribution in [1.29, 1.82) is 0 Å². The van der Waals surface area contributed by atoms with Gasteiger partial charge in [-0.3, -0.25) is 19.2 Å². The molecule has 0 bridgehead atoms. The van der Waals surface area contributed by atoms with E-state index in [1.54, 1.807) is 36.9 Å². The number of hydrogen-bond acceptors (Lipinski definition) is 8. The second kappa shape index (κ2) is 21.3. The van der Waals surface area contributed by atoms with Crippen LogP contribution in [0.3, 0.4) is 0 Å². The molecule has 300 valence electrons. The smallest absolute Gasteiger partial charge is 0.326 e. The van der Waals surface area contributed by atoms with Crippen molar-refractivity contribution in [3.05, 3.63) is 35.6 Å². The zero-order valence-electron chi connectivity index (χ0n) is 33.5. The monoisotopic (exact) mass is 749 g/mol. The number of nitrogens with zero attached hydrogens (tertiary/aromatic N) is 2. The summed E-state index contributed by atoms with van der Waals surface area (Å²) in [5.41, 5.74) is 0.426. The number of hydrogen-bond donors (Lipinski definition) is 4. The molecule has 1 heterocycles. The first-order chi connectivity index (χ1) is 24.9. The van der Waals surface area contributed by atoms with Crippen molar-refractivity contribution in [3.63, 3.8) is 0 Å². The molecule has 0 radical (unpaired) electrons. The Hall–Kier alpha value is -3.62. The highest BCUT2D eigenvalue weighted by Crippen LogP contribution is 2.30. The molecule has 0 aromatic heterocycles. The fourth-order valence-electron chi connectivity index (χ4n) is 7.45. The Balaban J connectivity index is 2.27. The predicted molar refractivity (Wildman–Crippen MR) is 200 cm³/mol. The Kier molecular flexibility index (Phi) is 18.3. The molecule has 9 atom stereocenters. The van der Waals surface area contributed by atoms with Gasteiger partial charge in [0.15, 0.2) is 0 Å². The zero-order chi connectivity index (χ0) is 40.2. The third kappa shape index (κ3) is 12.2. The normalized spacial score (nSPS) is 19.1. The van der Waals surface area contributed by atoms with Gasteiger partial charge >= 0.3 is 5.97 Å². The van der Waals surface area contributed by atoms with Gasteiger partial charge in [-0.2, -0.15) is 0 Å². The fraction of sp³-hybridized carbons (Fsp3) is 0.718. The number of carboxylic acid groups (broad SMARTS) is 1. The van der Waals surface area contributed by atoms with Crippen molar-refractivity contribution in [2.24, 2.45) is 23.7 Å². The molecule has 0 aliphatic carbocycles. The van der Waals surface area contributed by atoms with Crippen LogP contribution in [0.2, 0.25) is 0 Å². The van der Waals surface area contributed by atoms with Crippen LogP contribution in [0.5, 0.6) is 0 Å². The standard InChI is InChI=1S/C39H64FN5O8/c1-12-24(6)34(44(9)38(49)33(23(4)5)43-37(48)32(41-8)22(2)3)30(52-10)21-31(46)45-18-14-17-29(45)35(53-11)25(7)36(47)42-28(39(50)51)20-26-15-13-16-27(40)19-26/h13,15-16,19,22-25,28-30,32-35,41H,12,14,17-18,20-21H2,1-11H3,(H,42,47)(H,43,48)(H,50,51)/t24-,25+,28-,29-,30+,32-,33-,34-,35+/m0/s1. The lowest BCUT2D eigenvalue weighted by atomic mass is 9.89. The lowest BCUT2D eigenvalue weighted by molar-refractivity contribution is -0.148. The number of likely N-dealkylation sites (N-methyl/N-ethyl adjacent to an activating group) is 2. The maximum Gasteiger partial charge on any atom is 0.326 e. The van der Waals surface area contributed by atoms with Crippen LogP contribution in [-0.2, 0) is 39.9 Å². The fourth-order valence-corrected chi connectivity index (χ4v) is 7.45. The molecule has 1 aromatic carbocycles. The van der Waals surface area contributed by atoms with Gasteiger partial charge in [0.25, 0.3) is 0 Å². The Morgan fingerprint density at radius 3 is 2.13 bits per heavy atom. The van der Waals surface area contributed by atoms with Crippen molar-refractivity contribution < 1.29 is 42.9 Å². The van der Waals surface area contributed by atoms with E-state index in [-0.39, 0.29) is 48.3 Å². The highest BCUT2D eigenvalue weighted by molar-refractivity contribution is 5.90. The average Bonchev–Trinajstić information content (AvgIpc) is 3.59. The minimum absolute atomic E-state index is 0.00955. The van der Waals surface area contributed by atoms with E-state index in [0.29, 0.717) is 31.4 Å². The molecule has 0 saturated carbocycles. The van der Waals surface area contributed by atoms with Gasteiger partial charge < -0.3 is 40.3 Å². The molecule has 1 aliphatic rings. The zero-order valence-corrected chi connectivity index (χ0v) is 33.5. The molecule has 14 heteroatoms. The lowest BCUT2D eigenvalue weighted by Crippen LogP contribution is -2.59. The number of amides is 4. The molecule has 1 aliphatic heterocycles. The van der Waals surface area contributed by atoms with Gasteiger partial charge in [-0.15, -0.1) is 0 Å². The predicted octanol–water partition coefficient (Wildman–Crippen LogP) is 3.24. The Bertz CT molecular complexity index is 1380. The van der Waals surface area contributed by atoms with Crippen molar-refractivity contribution in [1.82, 2.24) is 25.8 Å². The number of rotatable bonds is 21. The van der Waals surface area contributed by atoms with Crippen molar-refractivity contribution in [3.8, 4) is 0 Å². The van der Waals surface area contributed by atoms with Gasteiger partial charge in [-0.25, -0.2) is 9.18 Å². The number of carboxylic acids is 1. The molecule has 13 nitrogen and oxygen atoms in total. The van der Waals surface area contributed by atoms with E-state index in [9.17, 15) is 33.5 Å². The Morgan fingerprint density at radius 2 is 1.62 bits per heavy atom. The van der Waals surface area contributed by atoms with Gasteiger partial charge in [0.2, 0.25) is 23.6 Å². The summed E-state index contributed by atoms with van der Waals surface area (Å²) in [4.78, 5) is 70.2. The summed E-state index contributed by atoms with van der Waals surface area (Å²) in [7, 11) is 6.37. The molecule has 53 heavy (non-hydrogen) atoms. The van der Waals surface area contributed by atoms with Gasteiger partial charge in [0.1, 0.15) is 17.9 Å². The molecular formula is C39H64FN5O8. The summed E-state index contributed by atoms with van der Waals surface area (Å²) >= 11 is 0. The lowest BCUT2D eigenvalue weighted by Gasteiger charge is -2.41. The highest BCUT2D eigenvalue weighted by atomic mass is 19.1. The number of ether oxygens (including phenoxy) is 2. The SMILES string of the molecule is CC[C@H](C)[C@@H]([C@@H](CC(=O)N1CCC[C@H]1[C@H](OC)[C@@H](C)C(=O)N[C@@H](Cc1cccc(F)c1)C(=O)O)OC)N(C)C(=O)[C@@H](NC(=O)[C@@H](NC)C(C)C)C(C)C. The number of aliphatic carboxylic acids is 1. The van der Waals surface area contributed by atoms with Gasteiger partial charge in [-0.1, -0.05) is 67.0 Å². The van der Waals surface area contributed by atoms with Crippen molar-refractivity contribution >= 4 is 29.6 Å². The largest absolute Gasteiger partial charge is 0.480 e. The van der Waals surface area contributed by atoms with Crippen LogP contribution in [0.15, 0.2) is 24.3 Å². The van der Waals surface area contributed by atoms with Crippen LogP contribution in [0.4, 0.5) is 4.39 Å². The van der Waals surface area contributed by atoms with Gasteiger partial charge in [0.05, 0.1) is 42.7 Å². The Morgan fingerprint density at radius 1 is 0.981 bits per heavy atom. The van der Waals surface area contributed by atoms with Crippen LogP contribution in [-0.4, -0.2) is 122 Å². The molecule has 1 saturated heterocycles. The summed E-state index contributed by atoms with van der Waals surface area (Å²) in [5.74, 6) is -4.18. The van der Waals surface area contributed by atoms with E-state index < -0.39 is 66.0 Å². The Labute approximate surface area is 315 Å². The van der Waals surface area contributed by atoms with Gasteiger partial charge in [0, 0.05) is 34.2 Å². The first-order valence-corrected chi connectivity index (χ1v) is 18.8. The second-order valence-electron chi connectivity index (χ2n) is 15.1. The number of carbonyl (C=O) groups excluding carboxylic acids is 4. The quantitative estimate of drug-likeness (QED) is 0.148. The molecule has 1 fully saturated rings. The van der Waals surface area contributed by atoms with E-state index in [1.165, 1.54) is 32.4 Å². The first-order valence-electron chi connectivity index (χ1n) is 18.8. The van der Waals surface area contributed by atoms with E-state index in [0.717, 1.165) is 0 Å². The summed E-state index contributed by atoms with van der Waals surface area (Å²) < 4.78 is 25.5. The average molecular weight is 750 g/mol. The summed E-state index contributed by atoms with van der Waals surface area (Å²) in [6.45, 7) is 13.7. The number of methoxy groups -OCH3 is 2. The molecule has 0 unspecified atom stereocenters. The van der Waals surface area contributed by atoms with Crippen LogP contribution in [0.1, 0.15) is 79.7 Å². The van der Waals surface area contributed by atoms with E-state index >= 15 is 0 Å². The van der Waals surface area contributed by atoms with Crippen LogP contribution < -0.4 is 16.0 Å². The molecule has 4 N–H and O–H groups in total. The van der Waals surface area contributed by atoms with E-state index in [1.807, 2.05) is 41.5 Å².